The van der Waals surface area contributed by atoms with Gasteiger partial charge in [0.2, 0.25) is 0 Å². The lowest BCUT2D eigenvalue weighted by molar-refractivity contribution is 0.374. The van der Waals surface area contributed by atoms with Gasteiger partial charge in [-0.05, 0) is 25.8 Å². The van der Waals surface area contributed by atoms with Gasteiger partial charge in [-0.25, -0.2) is 0 Å². The van der Waals surface area contributed by atoms with Gasteiger partial charge in [0.05, 0.1) is 6.20 Å². The summed E-state index contributed by atoms with van der Waals surface area (Å²) in [6.45, 7) is 1.17. The lowest BCUT2D eigenvalue weighted by Gasteiger charge is -2.06. The molecule has 1 aromatic heterocycles. The molecule has 1 N–H and O–H groups in total. The van der Waals surface area contributed by atoms with E-state index in [9.17, 15) is 0 Å². The maximum absolute atomic E-state index is 5.15. The summed E-state index contributed by atoms with van der Waals surface area (Å²) in [6.07, 6.45) is 5.58. The molecular weight excluding hydrogens is 152 g/mol. The molecule has 1 aliphatic heterocycles. The van der Waals surface area contributed by atoms with Crippen molar-refractivity contribution in [3.8, 4) is 0 Å². The third kappa shape index (κ3) is 0.771. The minimum Gasteiger partial charge on any atom is -0.361 e. The van der Waals surface area contributed by atoms with Gasteiger partial charge in [0.1, 0.15) is 5.76 Å². The predicted octanol–water partition coefficient (Wildman–Crippen LogP) is 1.28. The van der Waals surface area contributed by atoms with Crippen molar-refractivity contribution in [3.05, 3.63) is 18.0 Å². The summed E-state index contributed by atoms with van der Waals surface area (Å²) in [4.78, 5) is 0. The lowest BCUT2D eigenvalue weighted by atomic mass is 10.1. The number of hydrogen-bond acceptors (Lipinski definition) is 3. The van der Waals surface area contributed by atoms with Gasteiger partial charge in [-0.3, -0.25) is 0 Å². The van der Waals surface area contributed by atoms with E-state index in [1.54, 1.807) is 6.20 Å². The Balaban J connectivity index is 1.83. The summed E-state index contributed by atoms with van der Waals surface area (Å²) in [5, 5.41) is 7.29. The van der Waals surface area contributed by atoms with Gasteiger partial charge in [-0.1, -0.05) is 5.16 Å². The molecule has 1 aromatic rings. The van der Waals surface area contributed by atoms with Gasteiger partial charge >= 0.3 is 0 Å². The van der Waals surface area contributed by atoms with E-state index in [-0.39, 0.29) is 0 Å². The summed E-state index contributed by atoms with van der Waals surface area (Å²) >= 11 is 0. The Kier molecular flexibility index (Phi) is 1.17. The fourth-order valence-electron chi connectivity index (χ4n) is 2.38. The Hall–Kier alpha value is -0.830. The van der Waals surface area contributed by atoms with Gasteiger partial charge in [-0.15, -0.1) is 0 Å². The van der Waals surface area contributed by atoms with E-state index in [1.165, 1.54) is 25.8 Å². The number of rotatable bonds is 1. The van der Waals surface area contributed by atoms with Crippen LogP contribution in [0.5, 0.6) is 0 Å². The molecule has 2 heterocycles. The fraction of sp³-hybridized carbons (Fsp3) is 0.667. The van der Waals surface area contributed by atoms with Crippen LogP contribution >= 0.6 is 0 Å². The minimum absolute atomic E-state index is 0.402. The zero-order chi connectivity index (χ0) is 8.02. The molecule has 1 saturated carbocycles. The fourth-order valence-corrected chi connectivity index (χ4v) is 2.38. The molecule has 64 valence electrons. The Labute approximate surface area is 71.1 Å². The topological polar surface area (TPSA) is 38.1 Å². The molecule has 0 aromatic carbocycles. The second-order valence-corrected chi connectivity index (χ2v) is 3.86. The van der Waals surface area contributed by atoms with E-state index in [2.05, 4.69) is 10.5 Å². The molecule has 1 saturated heterocycles. The molecular formula is C9H12N2O. The van der Waals surface area contributed by atoms with E-state index in [0.717, 1.165) is 5.76 Å². The summed E-state index contributed by atoms with van der Waals surface area (Å²) in [7, 11) is 0. The van der Waals surface area contributed by atoms with Crippen molar-refractivity contribution in [2.75, 3.05) is 6.54 Å². The van der Waals surface area contributed by atoms with E-state index < -0.39 is 0 Å². The van der Waals surface area contributed by atoms with E-state index >= 15 is 0 Å². The SMILES string of the molecule is c1cc(C2CC23CCCN3)on1. The van der Waals surface area contributed by atoms with Gasteiger partial charge in [-0.2, -0.15) is 0 Å². The highest BCUT2D eigenvalue weighted by Gasteiger charge is 2.57. The highest BCUT2D eigenvalue weighted by atomic mass is 16.5. The molecule has 1 aliphatic carbocycles. The van der Waals surface area contributed by atoms with Crippen LogP contribution in [0, 0.1) is 0 Å². The number of hydrogen-bond donors (Lipinski definition) is 1. The zero-order valence-corrected chi connectivity index (χ0v) is 6.92. The molecule has 2 unspecified atom stereocenters. The maximum atomic E-state index is 5.15. The number of nitrogens with zero attached hydrogens (tertiary/aromatic N) is 1. The number of nitrogens with one attached hydrogen (secondary N) is 1. The lowest BCUT2D eigenvalue weighted by Crippen LogP contribution is -2.24. The highest BCUT2D eigenvalue weighted by Crippen LogP contribution is 2.55. The van der Waals surface area contributed by atoms with E-state index in [0.29, 0.717) is 11.5 Å². The Morgan fingerprint density at radius 2 is 2.67 bits per heavy atom. The average Bonchev–Trinajstić information content (AvgIpc) is 2.58. The van der Waals surface area contributed by atoms with E-state index in [4.69, 9.17) is 4.52 Å². The third-order valence-electron chi connectivity index (χ3n) is 3.15. The average molecular weight is 164 g/mol. The summed E-state index contributed by atoms with van der Waals surface area (Å²) in [6, 6.07) is 1.99. The van der Waals surface area contributed by atoms with Crippen molar-refractivity contribution >= 4 is 0 Å². The summed E-state index contributed by atoms with van der Waals surface area (Å²) < 4.78 is 5.15. The maximum Gasteiger partial charge on any atom is 0.141 e. The molecule has 2 fully saturated rings. The van der Waals surface area contributed by atoms with E-state index in [1.807, 2.05) is 6.07 Å². The number of aromatic nitrogens is 1. The first-order valence-electron chi connectivity index (χ1n) is 4.56. The molecule has 1 spiro atoms. The van der Waals surface area contributed by atoms with Crippen LogP contribution < -0.4 is 5.32 Å². The van der Waals surface area contributed by atoms with Crippen molar-refractivity contribution < 1.29 is 4.52 Å². The van der Waals surface area contributed by atoms with Gasteiger partial charge in [0.15, 0.2) is 0 Å². The molecule has 0 amide bonds. The monoisotopic (exact) mass is 164 g/mol. The first kappa shape index (κ1) is 6.66. The Morgan fingerprint density at radius 1 is 1.67 bits per heavy atom. The standard InChI is InChI=1S/C9H12N2O/c1-3-9(10-4-1)6-7(9)8-2-5-11-12-8/h2,5,7,10H,1,3-4,6H2. The Morgan fingerprint density at radius 3 is 3.33 bits per heavy atom. The van der Waals surface area contributed by atoms with Crippen molar-refractivity contribution in [2.45, 2.75) is 30.7 Å². The molecule has 0 radical (unpaired) electrons. The summed E-state index contributed by atoms with van der Waals surface area (Å²) in [5.41, 5.74) is 0.402. The van der Waals surface area contributed by atoms with Crippen molar-refractivity contribution in [2.24, 2.45) is 0 Å². The Bertz CT molecular complexity index is 275. The minimum atomic E-state index is 0.402. The second-order valence-electron chi connectivity index (χ2n) is 3.86. The molecule has 3 rings (SSSR count). The van der Waals surface area contributed by atoms with Crippen LogP contribution in [0.3, 0.4) is 0 Å². The normalized spacial score (nSPS) is 39.2. The molecule has 0 bridgehead atoms. The van der Waals surface area contributed by atoms with Crippen molar-refractivity contribution in [1.29, 1.82) is 0 Å². The van der Waals surface area contributed by atoms with Crippen molar-refractivity contribution in [1.82, 2.24) is 10.5 Å². The first-order valence-corrected chi connectivity index (χ1v) is 4.56. The molecule has 3 nitrogen and oxygen atoms in total. The largest absolute Gasteiger partial charge is 0.361 e. The second kappa shape index (κ2) is 2.10. The van der Waals surface area contributed by atoms with Crippen LogP contribution in [0.1, 0.15) is 30.9 Å². The zero-order valence-electron chi connectivity index (χ0n) is 6.92. The van der Waals surface area contributed by atoms with Crippen LogP contribution in [0.15, 0.2) is 16.8 Å². The quantitative estimate of drug-likeness (QED) is 0.679. The summed E-state index contributed by atoms with van der Waals surface area (Å²) in [5.74, 6) is 1.66. The highest BCUT2D eigenvalue weighted by molar-refractivity contribution is 5.27. The van der Waals surface area contributed by atoms with Gasteiger partial charge < -0.3 is 9.84 Å². The first-order chi connectivity index (χ1) is 5.91. The molecule has 2 atom stereocenters. The van der Waals surface area contributed by atoms with Crippen LogP contribution in [0.2, 0.25) is 0 Å². The van der Waals surface area contributed by atoms with Crippen LogP contribution in [0.4, 0.5) is 0 Å². The molecule has 3 heteroatoms. The van der Waals surface area contributed by atoms with Gasteiger partial charge in [0, 0.05) is 17.5 Å². The van der Waals surface area contributed by atoms with Crippen LogP contribution in [-0.4, -0.2) is 17.2 Å². The predicted molar refractivity (Wildman–Crippen MR) is 43.8 cm³/mol. The molecule has 2 aliphatic rings. The third-order valence-corrected chi connectivity index (χ3v) is 3.15. The molecule has 12 heavy (non-hydrogen) atoms. The van der Waals surface area contributed by atoms with Crippen LogP contribution in [-0.2, 0) is 0 Å². The van der Waals surface area contributed by atoms with Crippen molar-refractivity contribution in [3.63, 3.8) is 0 Å². The smallest absolute Gasteiger partial charge is 0.141 e. The van der Waals surface area contributed by atoms with Crippen LogP contribution in [0.25, 0.3) is 0 Å². The van der Waals surface area contributed by atoms with Gasteiger partial charge in [0.25, 0.3) is 0 Å².